The summed E-state index contributed by atoms with van der Waals surface area (Å²) in [7, 11) is 1.69. The molecule has 0 aliphatic heterocycles. The highest BCUT2D eigenvalue weighted by Gasteiger charge is 2.32. The second-order valence-electron chi connectivity index (χ2n) is 11.3. The maximum Gasteiger partial charge on any atom is 0.121 e. The molecule has 218 valence electrons. The van der Waals surface area contributed by atoms with Gasteiger partial charge in [0.05, 0.1) is 18.6 Å². The molecule has 1 aliphatic carbocycles. The topological polar surface area (TPSA) is 30.5 Å². The number of hydrogen-bond acceptors (Lipinski definition) is 3. The maximum absolute atomic E-state index is 6.07. The summed E-state index contributed by atoms with van der Waals surface area (Å²) in [5, 5.41) is 3.57. The largest absolute Gasteiger partial charge is 0.497 e. The van der Waals surface area contributed by atoms with E-state index in [-0.39, 0.29) is 20.5 Å². The lowest BCUT2D eigenvalue weighted by Crippen LogP contribution is -2.30. The summed E-state index contributed by atoms with van der Waals surface area (Å²) in [5.41, 5.74) is 6.38. The number of anilines is 2. The Kier molecular flexibility index (Phi) is 15.1. The Morgan fingerprint density at radius 1 is 1.10 bits per heavy atom. The molecule has 0 bridgehead atoms. The van der Waals surface area contributed by atoms with E-state index < -0.39 is 0 Å². The average Bonchev–Trinajstić information content (AvgIpc) is 2.78. The zero-order valence-electron chi connectivity index (χ0n) is 24.8. The summed E-state index contributed by atoms with van der Waals surface area (Å²) in [6.07, 6.45) is 11.8. The third-order valence-corrected chi connectivity index (χ3v) is 7.14. The molecule has 0 aromatic heterocycles. The van der Waals surface area contributed by atoms with Crippen LogP contribution < -0.4 is 10.1 Å². The van der Waals surface area contributed by atoms with Crippen molar-refractivity contribution in [2.45, 2.75) is 108 Å². The number of ether oxygens (including phenoxy) is 2. The third kappa shape index (κ3) is 10.7. The van der Waals surface area contributed by atoms with Crippen molar-refractivity contribution in [3.8, 4) is 18.1 Å². The Bertz CT molecular complexity index is 1080. The van der Waals surface area contributed by atoms with Crippen LogP contribution in [0.4, 0.5) is 11.4 Å². The van der Waals surface area contributed by atoms with Gasteiger partial charge in [-0.15, -0.1) is 6.42 Å². The summed E-state index contributed by atoms with van der Waals surface area (Å²) in [6, 6.07) is 10.6. The second kappa shape index (κ2) is 16.3. The molecule has 0 amide bonds. The highest BCUT2D eigenvalue weighted by Crippen LogP contribution is 2.42. The highest BCUT2D eigenvalue weighted by atomic mass is 16.5. The van der Waals surface area contributed by atoms with Crippen molar-refractivity contribution in [2.75, 3.05) is 12.4 Å². The molecule has 3 nitrogen and oxygen atoms in total. The van der Waals surface area contributed by atoms with Gasteiger partial charge in [0.15, 0.2) is 0 Å². The zero-order valence-corrected chi connectivity index (χ0v) is 24.8. The van der Waals surface area contributed by atoms with Crippen molar-refractivity contribution < 1.29 is 9.47 Å². The van der Waals surface area contributed by atoms with Crippen molar-refractivity contribution >= 4 is 11.4 Å². The summed E-state index contributed by atoms with van der Waals surface area (Å²) in [6.45, 7) is 21.1. The van der Waals surface area contributed by atoms with Crippen LogP contribution in [0.5, 0.6) is 5.75 Å². The molecule has 3 heteroatoms. The van der Waals surface area contributed by atoms with Gasteiger partial charge in [-0.1, -0.05) is 67.4 Å². The Morgan fingerprint density at radius 3 is 2.26 bits per heavy atom. The van der Waals surface area contributed by atoms with Crippen LogP contribution in [0.3, 0.4) is 0 Å². The molecule has 0 saturated heterocycles. The monoisotopic (exact) mass is 535 g/mol. The van der Waals surface area contributed by atoms with E-state index in [1.165, 1.54) is 30.4 Å². The molecule has 2 aromatic carbocycles. The van der Waals surface area contributed by atoms with Gasteiger partial charge in [0, 0.05) is 23.7 Å². The highest BCUT2D eigenvalue weighted by molar-refractivity contribution is 5.70. The lowest BCUT2D eigenvalue weighted by molar-refractivity contribution is 0.0373. The fourth-order valence-corrected chi connectivity index (χ4v) is 5.23. The molecule has 0 radical (unpaired) electrons. The van der Waals surface area contributed by atoms with E-state index in [4.69, 9.17) is 15.9 Å². The molecule has 1 saturated carbocycles. The predicted molar refractivity (Wildman–Crippen MR) is 173 cm³/mol. The van der Waals surface area contributed by atoms with Gasteiger partial charge >= 0.3 is 0 Å². The SMILES string of the molecule is C.C.C#Cc1cc(C)c(C[C@H](C2CCC2)[C@H](C)CC(=C)OC(C)(C)C)cc1Nc1cc(C)cc(OC)c1.CC. The fourth-order valence-electron chi connectivity index (χ4n) is 5.23. The minimum Gasteiger partial charge on any atom is -0.497 e. The van der Waals surface area contributed by atoms with Crippen LogP contribution in [0.25, 0.3) is 0 Å². The molecule has 2 aromatic rings. The first-order valence-corrected chi connectivity index (χ1v) is 13.9. The molecule has 0 unspecified atom stereocenters. The van der Waals surface area contributed by atoms with E-state index in [9.17, 15) is 0 Å². The predicted octanol–water partition coefficient (Wildman–Crippen LogP) is 10.6. The summed E-state index contributed by atoms with van der Waals surface area (Å²) in [4.78, 5) is 0. The first-order chi connectivity index (χ1) is 17.5. The fraction of sp³-hybridized carbons (Fsp3) is 0.556. The molecule has 1 fully saturated rings. The van der Waals surface area contributed by atoms with Crippen molar-refractivity contribution in [1.82, 2.24) is 0 Å². The molecule has 2 atom stereocenters. The van der Waals surface area contributed by atoms with Crippen LogP contribution in [-0.4, -0.2) is 12.7 Å². The number of rotatable bonds is 10. The van der Waals surface area contributed by atoms with E-state index in [2.05, 4.69) is 77.6 Å². The molecular weight excluding hydrogens is 478 g/mol. The smallest absolute Gasteiger partial charge is 0.121 e. The molecule has 0 heterocycles. The summed E-state index contributed by atoms with van der Waals surface area (Å²) < 4.78 is 11.5. The van der Waals surface area contributed by atoms with Crippen LogP contribution in [0.1, 0.15) is 104 Å². The van der Waals surface area contributed by atoms with Gasteiger partial charge in [0.1, 0.15) is 11.4 Å². The van der Waals surface area contributed by atoms with Gasteiger partial charge in [-0.25, -0.2) is 0 Å². The first-order valence-electron chi connectivity index (χ1n) is 13.9. The number of nitrogens with one attached hydrogen (secondary N) is 1. The van der Waals surface area contributed by atoms with Crippen molar-refractivity contribution in [2.24, 2.45) is 17.8 Å². The van der Waals surface area contributed by atoms with Gasteiger partial charge in [-0.05, 0) is 99.7 Å². The zero-order chi connectivity index (χ0) is 27.8. The number of methoxy groups -OCH3 is 1. The normalized spacial score (nSPS) is 14.1. The van der Waals surface area contributed by atoms with Crippen molar-refractivity contribution in [1.29, 1.82) is 0 Å². The van der Waals surface area contributed by atoms with Crippen LogP contribution in [0.15, 0.2) is 42.7 Å². The average molecular weight is 536 g/mol. The molecule has 1 N–H and O–H groups in total. The number of benzene rings is 2. The Labute approximate surface area is 241 Å². The quantitative estimate of drug-likeness (QED) is 0.242. The number of hydrogen-bond donors (Lipinski definition) is 1. The van der Waals surface area contributed by atoms with Crippen LogP contribution >= 0.6 is 0 Å². The van der Waals surface area contributed by atoms with Gasteiger partial charge in [0.25, 0.3) is 0 Å². The Hall–Kier alpha value is -2.86. The minimum atomic E-state index is -0.205. The number of allylic oxidation sites excluding steroid dienone is 1. The third-order valence-electron chi connectivity index (χ3n) is 7.14. The molecule has 1 aliphatic rings. The Balaban J connectivity index is 0.00000353. The maximum atomic E-state index is 6.07. The van der Waals surface area contributed by atoms with E-state index in [1.807, 2.05) is 26.0 Å². The second-order valence-corrected chi connectivity index (χ2v) is 11.3. The molecule has 3 rings (SSSR count). The lowest BCUT2D eigenvalue weighted by Gasteiger charge is -2.38. The number of terminal acetylenes is 1. The minimum absolute atomic E-state index is 0. The summed E-state index contributed by atoms with van der Waals surface area (Å²) >= 11 is 0. The van der Waals surface area contributed by atoms with Crippen LogP contribution in [0, 0.1) is 43.9 Å². The van der Waals surface area contributed by atoms with Gasteiger partial charge in [-0.2, -0.15) is 0 Å². The van der Waals surface area contributed by atoms with E-state index in [0.717, 1.165) is 52.8 Å². The molecule has 39 heavy (non-hydrogen) atoms. The van der Waals surface area contributed by atoms with E-state index in [1.54, 1.807) is 7.11 Å². The van der Waals surface area contributed by atoms with Crippen LogP contribution in [0.2, 0.25) is 0 Å². The van der Waals surface area contributed by atoms with Crippen LogP contribution in [-0.2, 0) is 11.2 Å². The van der Waals surface area contributed by atoms with Gasteiger partial charge < -0.3 is 14.8 Å². The lowest BCUT2D eigenvalue weighted by atomic mass is 9.67. The summed E-state index contributed by atoms with van der Waals surface area (Å²) in [5.74, 6) is 6.45. The Morgan fingerprint density at radius 2 is 1.74 bits per heavy atom. The molecular formula is C36H57NO2. The number of aryl methyl sites for hydroxylation is 2. The standard InChI is InChI=1S/C32H43NO2.C2H6.2CH4/c1-10-25-17-22(3)27(19-31(25)33-28-14-21(2)15-29(20-28)34-9)18-30(26-12-11-13-26)23(4)16-24(5)35-32(6,7)8;1-2;;/h1,14-15,17,19-20,23,26,30,33H,5,11-13,16,18H2,2-4,6-9H3;1-2H3;2*1H4/t23-,30+;;;/m1.../s1. The first kappa shape index (κ1) is 36.1. The van der Waals surface area contributed by atoms with E-state index >= 15 is 0 Å². The van der Waals surface area contributed by atoms with Crippen molar-refractivity contribution in [3.05, 3.63) is 64.9 Å². The van der Waals surface area contributed by atoms with E-state index in [0.29, 0.717) is 11.8 Å². The van der Waals surface area contributed by atoms with Crippen molar-refractivity contribution in [3.63, 3.8) is 0 Å². The van der Waals surface area contributed by atoms with Gasteiger partial charge in [-0.3, -0.25) is 0 Å². The molecule has 0 spiro atoms. The van der Waals surface area contributed by atoms with Gasteiger partial charge in [0.2, 0.25) is 0 Å².